The van der Waals surface area contributed by atoms with Crippen LogP contribution in [0.15, 0.2) is 30.3 Å². The molecule has 1 amide bonds. The predicted octanol–water partition coefficient (Wildman–Crippen LogP) is 1.24. The van der Waals surface area contributed by atoms with Crippen LogP contribution in [0.2, 0.25) is 0 Å². The van der Waals surface area contributed by atoms with Crippen LogP contribution in [0, 0.1) is 0 Å². The van der Waals surface area contributed by atoms with Gasteiger partial charge in [-0.2, -0.15) is 0 Å². The first-order chi connectivity index (χ1) is 6.13. The molecule has 0 bridgehead atoms. The fraction of sp³-hybridized carbons (Fsp3) is 0.200. The van der Waals surface area contributed by atoms with Gasteiger partial charge in [-0.15, -0.1) is 0 Å². The summed E-state index contributed by atoms with van der Waals surface area (Å²) in [6, 6.07) is 9.05. The van der Waals surface area contributed by atoms with Crippen molar-refractivity contribution in [2.45, 2.75) is 6.92 Å². The molecule has 3 heteroatoms. The van der Waals surface area contributed by atoms with Gasteiger partial charge in [0.05, 0.1) is 0 Å². The number of ketones is 1. The summed E-state index contributed by atoms with van der Waals surface area (Å²) in [6.45, 7) is 1.27. The number of likely N-dealkylation sites (N-methyl/N-ethyl adjacent to an activating group) is 1. The molecule has 0 aliphatic carbocycles. The molecule has 0 aliphatic rings. The molecule has 68 valence electrons. The van der Waals surface area contributed by atoms with E-state index in [1.807, 2.05) is 18.2 Å². The second-order valence-electron chi connectivity index (χ2n) is 2.76. The lowest BCUT2D eigenvalue weighted by atomic mass is 10.3. The van der Waals surface area contributed by atoms with Gasteiger partial charge in [0.15, 0.2) is 0 Å². The third-order valence-corrected chi connectivity index (χ3v) is 1.75. The molecule has 0 unspecified atom stereocenters. The SMILES string of the molecule is CC(=O)C(=O)N(C)c1ccccc1. The van der Waals surface area contributed by atoms with Crippen molar-refractivity contribution in [1.82, 2.24) is 0 Å². The van der Waals surface area contributed by atoms with Crippen molar-refractivity contribution in [3.8, 4) is 0 Å². The van der Waals surface area contributed by atoms with Crippen molar-refractivity contribution in [2.24, 2.45) is 0 Å². The van der Waals surface area contributed by atoms with E-state index < -0.39 is 11.7 Å². The van der Waals surface area contributed by atoms with Crippen molar-refractivity contribution in [1.29, 1.82) is 0 Å². The van der Waals surface area contributed by atoms with Gasteiger partial charge in [0.25, 0.3) is 5.91 Å². The van der Waals surface area contributed by atoms with Crippen LogP contribution in [0.4, 0.5) is 5.69 Å². The van der Waals surface area contributed by atoms with E-state index >= 15 is 0 Å². The van der Waals surface area contributed by atoms with Gasteiger partial charge >= 0.3 is 0 Å². The summed E-state index contributed by atoms with van der Waals surface area (Å²) in [7, 11) is 1.58. The number of hydrogen-bond acceptors (Lipinski definition) is 2. The number of rotatable bonds is 2. The number of para-hydroxylation sites is 1. The molecular formula is C10H11NO2. The van der Waals surface area contributed by atoms with Crippen LogP contribution in [0.1, 0.15) is 6.92 Å². The standard InChI is InChI=1S/C10H11NO2/c1-8(12)10(13)11(2)9-6-4-3-5-7-9/h3-7H,1-2H3. The number of anilines is 1. The minimum Gasteiger partial charge on any atom is -0.309 e. The Labute approximate surface area is 77.0 Å². The molecule has 0 N–H and O–H groups in total. The second-order valence-corrected chi connectivity index (χ2v) is 2.76. The van der Waals surface area contributed by atoms with Crippen LogP contribution < -0.4 is 4.90 Å². The van der Waals surface area contributed by atoms with Crippen LogP contribution >= 0.6 is 0 Å². The Hall–Kier alpha value is -1.64. The average molecular weight is 177 g/mol. The third kappa shape index (κ3) is 2.15. The predicted molar refractivity (Wildman–Crippen MR) is 50.5 cm³/mol. The third-order valence-electron chi connectivity index (χ3n) is 1.75. The lowest BCUT2D eigenvalue weighted by Gasteiger charge is -2.14. The summed E-state index contributed by atoms with van der Waals surface area (Å²) < 4.78 is 0. The zero-order valence-corrected chi connectivity index (χ0v) is 7.65. The van der Waals surface area contributed by atoms with Crippen LogP contribution in [0.3, 0.4) is 0 Å². The molecule has 0 heterocycles. The summed E-state index contributed by atoms with van der Waals surface area (Å²) >= 11 is 0. The van der Waals surface area contributed by atoms with E-state index in [0.29, 0.717) is 0 Å². The van der Waals surface area contributed by atoms with E-state index in [1.54, 1.807) is 19.2 Å². The normalized spacial score (nSPS) is 9.38. The van der Waals surface area contributed by atoms with Crippen molar-refractivity contribution < 1.29 is 9.59 Å². The largest absolute Gasteiger partial charge is 0.309 e. The van der Waals surface area contributed by atoms with E-state index in [-0.39, 0.29) is 0 Å². The number of carbonyl (C=O) groups is 2. The Kier molecular flexibility index (Phi) is 2.80. The molecule has 0 atom stereocenters. The number of Topliss-reactive ketones (excluding diaryl/α,β-unsaturated/α-hetero) is 1. The highest BCUT2D eigenvalue weighted by molar-refractivity contribution is 6.40. The molecule has 0 spiro atoms. The topological polar surface area (TPSA) is 37.4 Å². The molecule has 3 nitrogen and oxygen atoms in total. The highest BCUT2D eigenvalue weighted by Crippen LogP contribution is 2.10. The average Bonchev–Trinajstić information content (AvgIpc) is 2.17. The molecule has 1 rings (SSSR count). The van der Waals surface area contributed by atoms with E-state index in [9.17, 15) is 9.59 Å². The maximum Gasteiger partial charge on any atom is 0.293 e. The second kappa shape index (κ2) is 3.85. The molecule has 1 aromatic rings. The minimum absolute atomic E-state index is 0.452. The summed E-state index contributed by atoms with van der Waals surface area (Å²) in [5.41, 5.74) is 0.725. The number of carbonyl (C=O) groups excluding carboxylic acids is 2. The first-order valence-electron chi connectivity index (χ1n) is 3.96. The summed E-state index contributed by atoms with van der Waals surface area (Å²) in [6.07, 6.45) is 0. The Bertz CT molecular complexity index is 319. The van der Waals surface area contributed by atoms with E-state index in [4.69, 9.17) is 0 Å². The van der Waals surface area contributed by atoms with Crippen LogP contribution in [-0.2, 0) is 9.59 Å². The molecular weight excluding hydrogens is 166 g/mol. The van der Waals surface area contributed by atoms with Crippen LogP contribution in [0.5, 0.6) is 0 Å². The van der Waals surface area contributed by atoms with Gasteiger partial charge in [0, 0.05) is 19.7 Å². The lowest BCUT2D eigenvalue weighted by molar-refractivity contribution is -0.134. The van der Waals surface area contributed by atoms with Crippen molar-refractivity contribution >= 4 is 17.4 Å². The summed E-state index contributed by atoms with van der Waals surface area (Å²) in [4.78, 5) is 23.3. The van der Waals surface area contributed by atoms with Gasteiger partial charge < -0.3 is 4.90 Å². The van der Waals surface area contributed by atoms with Gasteiger partial charge in [-0.05, 0) is 12.1 Å². The minimum atomic E-state index is -0.494. The van der Waals surface area contributed by atoms with Crippen molar-refractivity contribution in [3.05, 3.63) is 30.3 Å². The first-order valence-corrected chi connectivity index (χ1v) is 3.96. The van der Waals surface area contributed by atoms with E-state index in [2.05, 4.69) is 0 Å². The van der Waals surface area contributed by atoms with Gasteiger partial charge in [0.1, 0.15) is 0 Å². The van der Waals surface area contributed by atoms with Crippen molar-refractivity contribution in [2.75, 3.05) is 11.9 Å². The molecule has 0 fully saturated rings. The van der Waals surface area contributed by atoms with Gasteiger partial charge in [-0.25, -0.2) is 0 Å². The van der Waals surface area contributed by atoms with Crippen LogP contribution in [0.25, 0.3) is 0 Å². The van der Waals surface area contributed by atoms with Gasteiger partial charge in [0.2, 0.25) is 5.78 Å². The summed E-state index contributed by atoms with van der Waals surface area (Å²) in [5.74, 6) is -0.947. The number of nitrogens with zero attached hydrogens (tertiary/aromatic N) is 1. The molecule has 1 aromatic carbocycles. The quantitative estimate of drug-likeness (QED) is 0.637. The number of amides is 1. The maximum atomic E-state index is 11.2. The number of hydrogen-bond donors (Lipinski definition) is 0. The monoisotopic (exact) mass is 177 g/mol. The van der Waals surface area contributed by atoms with Crippen molar-refractivity contribution in [3.63, 3.8) is 0 Å². The van der Waals surface area contributed by atoms with E-state index in [1.165, 1.54) is 11.8 Å². The van der Waals surface area contributed by atoms with Gasteiger partial charge in [-0.1, -0.05) is 18.2 Å². The fourth-order valence-corrected chi connectivity index (χ4v) is 1.01. The highest BCUT2D eigenvalue weighted by Gasteiger charge is 2.14. The summed E-state index contributed by atoms with van der Waals surface area (Å²) in [5, 5.41) is 0. The fourth-order valence-electron chi connectivity index (χ4n) is 1.01. The zero-order valence-electron chi connectivity index (χ0n) is 7.65. The Balaban J connectivity index is 2.86. The molecule has 0 aromatic heterocycles. The Morgan fingerprint density at radius 2 is 1.69 bits per heavy atom. The smallest absolute Gasteiger partial charge is 0.293 e. The zero-order chi connectivity index (χ0) is 9.84. The molecule has 13 heavy (non-hydrogen) atoms. The molecule has 0 saturated heterocycles. The molecule has 0 radical (unpaired) electrons. The van der Waals surface area contributed by atoms with Gasteiger partial charge in [-0.3, -0.25) is 9.59 Å². The number of benzene rings is 1. The lowest BCUT2D eigenvalue weighted by Crippen LogP contribution is -2.31. The Morgan fingerprint density at radius 1 is 1.15 bits per heavy atom. The Morgan fingerprint density at radius 3 is 2.15 bits per heavy atom. The molecule has 0 aliphatic heterocycles. The molecule has 0 saturated carbocycles. The maximum absolute atomic E-state index is 11.2. The first kappa shape index (κ1) is 9.45. The van der Waals surface area contributed by atoms with Crippen LogP contribution in [-0.4, -0.2) is 18.7 Å². The van der Waals surface area contributed by atoms with E-state index in [0.717, 1.165) is 5.69 Å². The highest BCUT2D eigenvalue weighted by atomic mass is 16.2.